The van der Waals surface area contributed by atoms with Crippen LogP contribution in [-0.4, -0.2) is 40.3 Å². The molecule has 0 saturated carbocycles. The molecular weight excluding hydrogens is 398 g/mol. The highest BCUT2D eigenvalue weighted by molar-refractivity contribution is 6.30. The van der Waals surface area contributed by atoms with Crippen molar-refractivity contribution in [3.05, 3.63) is 63.7 Å². The number of halogens is 1. The molecule has 1 saturated heterocycles. The number of aliphatic hydroxyl groups excluding tert-OH is 2. The van der Waals surface area contributed by atoms with Crippen LogP contribution in [0, 0.1) is 0 Å². The predicted octanol–water partition coefficient (Wildman–Crippen LogP) is 4.60. The van der Waals surface area contributed by atoms with Gasteiger partial charge in [-0.3, -0.25) is 0 Å². The summed E-state index contributed by atoms with van der Waals surface area (Å²) < 4.78 is 6.38. The number of aryl methyl sites for hydroxylation is 2. The molecule has 0 bridgehead atoms. The number of hydrogen-bond donors (Lipinski definition) is 2. The SMILES string of the molecule is OC(CN1CCC2(CC1)CC(O)c1cc(Cl)ccc1O2)c1ccc2c(c1)CCCC2. The van der Waals surface area contributed by atoms with Crippen LogP contribution in [0.1, 0.15) is 66.6 Å². The van der Waals surface area contributed by atoms with Crippen LogP contribution < -0.4 is 4.74 Å². The molecule has 5 heteroatoms. The van der Waals surface area contributed by atoms with E-state index < -0.39 is 12.2 Å². The normalized spacial score (nSPS) is 24.0. The summed E-state index contributed by atoms with van der Waals surface area (Å²) in [5.41, 5.74) is 4.36. The predicted molar refractivity (Wildman–Crippen MR) is 118 cm³/mol. The van der Waals surface area contributed by atoms with E-state index in [1.807, 2.05) is 12.1 Å². The van der Waals surface area contributed by atoms with Crippen LogP contribution in [0.5, 0.6) is 5.75 Å². The molecule has 2 heterocycles. The zero-order valence-corrected chi connectivity index (χ0v) is 18.1. The fourth-order valence-electron chi connectivity index (χ4n) is 5.37. The summed E-state index contributed by atoms with van der Waals surface area (Å²) >= 11 is 6.08. The Morgan fingerprint density at radius 1 is 1.07 bits per heavy atom. The fraction of sp³-hybridized carbons (Fsp3) is 0.520. The van der Waals surface area contributed by atoms with Gasteiger partial charge in [0.2, 0.25) is 0 Å². The van der Waals surface area contributed by atoms with Gasteiger partial charge >= 0.3 is 0 Å². The molecule has 4 nitrogen and oxygen atoms in total. The van der Waals surface area contributed by atoms with Crippen molar-refractivity contribution in [2.75, 3.05) is 19.6 Å². The molecule has 3 aliphatic rings. The summed E-state index contributed by atoms with van der Waals surface area (Å²) in [6, 6.07) is 12.0. The van der Waals surface area contributed by atoms with Crippen molar-refractivity contribution in [2.24, 2.45) is 0 Å². The molecule has 30 heavy (non-hydrogen) atoms. The topological polar surface area (TPSA) is 52.9 Å². The van der Waals surface area contributed by atoms with Crippen molar-refractivity contribution in [1.82, 2.24) is 4.90 Å². The van der Waals surface area contributed by atoms with E-state index in [0.717, 1.165) is 49.2 Å². The molecule has 2 N–H and O–H groups in total. The van der Waals surface area contributed by atoms with Gasteiger partial charge in [-0.2, -0.15) is 0 Å². The van der Waals surface area contributed by atoms with E-state index in [0.29, 0.717) is 18.0 Å². The third-order valence-corrected chi connectivity index (χ3v) is 7.41. The third kappa shape index (κ3) is 3.99. The van der Waals surface area contributed by atoms with Crippen LogP contribution in [0.15, 0.2) is 36.4 Å². The number of aliphatic hydroxyl groups is 2. The Hall–Kier alpha value is -1.59. The second kappa shape index (κ2) is 8.16. The Balaban J connectivity index is 1.22. The first-order chi connectivity index (χ1) is 14.5. The van der Waals surface area contributed by atoms with Gasteiger partial charge in [-0.25, -0.2) is 0 Å². The Morgan fingerprint density at radius 3 is 2.63 bits per heavy atom. The van der Waals surface area contributed by atoms with E-state index >= 15 is 0 Å². The highest BCUT2D eigenvalue weighted by Gasteiger charge is 2.43. The Labute approximate surface area is 183 Å². The number of piperidine rings is 1. The fourth-order valence-corrected chi connectivity index (χ4v) is 5.55. The zero-order chi connectivity index (χ0) is 20.7. The van der Waals surface area contributed by atoms with E-state index in [1.165, 1.54) is 30.4 Å². The number of benzene rings is 2. The van der Waals surface area contributed by atoms with Gasteiger partial charge < -0.3 is 19.8 Å². The molecule has 0 amide bonds. The summed E-state index contributed by atoms with van der Waals surface area (Å²) in [6.45, 7) is 2.36. The number of fused-ring (bicyclic) bond motifs is 2. The molecule has 2 unspecified atom stereocenters. The molecule has 2 aromatic carbocycles. The lowest BCUT2D eigenvalue weighted by Gasteiger charge is -2.46. The highest BCUT2D eigenvalue weighted by atomic mass is 35.5. The number of rotatable bonds is 3. The summed E-state index contributed by atoms with van der Waals surface area (Å²) in [6.07, 6.45) is 6.12. The van der Waals surface area contributed by atoms with Gasteiger partial charge in [-0.05, 0) is 73.4 Å². The maximum atomic E-state index is 10.8. The van der Waals surface area contributed by atoms with Crippen LogP contribution >= 0.6 is 11.6 Å². The van der Waals surface area contributed by atoms with Gasteiger partial charge in [0.15, 0.2) is 0 Å². The van der Waals surface area contributed by atoms with Crippen molar-refractivity contribution in [2.45, 2.75) is 62.8 Å². The van der Waals surface area contributed by atoms with E-state index in [2.05, 4.69) is 23.1 Å². The van der Waals surface area contributed by atoms with E-state index in [9.17, 15) is 10.2 Å². The average molecular weight is 428 g/mol. The quantitative estimate of drug-likeness (QED) is 0.751. The number of nitrogens with zero attached hydrogens (tertiary/aromatic N) is 1. The van der Waals surface area contributed by atoms with Crippen molar-refractivity contribution in [1.29, 1.82) is 0 Å². The monoisotopic (exact) mass is 427 g/mol. The molecule has 0 radical (unpaired) electrons. The van der Waals surface area contributed by atoms with Crippen molar-refractivity contribution in [3.63, 3.8) is 0 Å². The summed E-state index contributed by atoms with van der Waals surface area (Å²) in [5.74, 6) is 0.751. The van der Waals surface area contributed by atoms with Gasteiger partial charge in [0, 0.05) is 36.6 Å². The third-order valence-electron chi connectivity index (χ3n) is 7.18. The van der Waals surface area contributed by atoms with E-state index in [4.69, 9.17) is 16.3 Å². The number of hydrogen-bond acceptors (Lipinski definition) is 4. The number of likely N-dealkylation sites (tertiary alicyclic amines) is 1. The van der Waals surface area contributed by atoms with Gasteiger partial charge in [-0.1, -0.05) is 29.8 Å². The molecule has 1 spiro atoms. The summed E-state index contributed by atoms with van der Waals surface area (Å²) in [5, 5.41) is 22.1. The minimum absolute atomic E-state index is 0.326. The van der Waals surface area contributed by atoms with Crippen LogP contribution in [0.4, 0.5) is 0 Å². The molecule has 160 valence electrons. The van der Waals surface area contributed by atoms with Crippen LogP contribution in [0.2, 0.25) is 5.02 Å². The molecule has 5 rings (SSSR count). The molecule has 2 aromatic rings. The molecule has 2 atom stereocenters. The van der Waals surface area contributed by atoms with Crippen molar-refractivity contribution >= 4 is 11.6 Å². The smallest absolute Gasteiger partial charge is 0.126 e. The maximum absolute atomic E-state index is 10.8. The van der Waals surface area contributed by atoms with E-state index in [1.54, 1.807) is 6.07 Å². The largest absolute Gasteiger partial charge is 0.487 e. The molecule has 1 fully saturated rings. The average Bonchev–Trinajstić information content (AvgIpc) is 2.76. The van der Waals surface area contributed by atoms with Crippen molar-refractivity contribution < 1.29 is 14.9 Å². The lowest BCUT2D eigenvalue weighted by atomic mass is 9.81. The second-order valence-corrected chi connectivity index (χ2v) is 9.68. The Kier molecular flexibility index (Phi) is 5.53. The second-order valence-electron chi connectivity index (χ2n) is 9.24. The molecular formula is C25H30ClNO3. The first-order valence-corrected chi connectivity index (χ1v) is 11.6. The minimum atomic E-state index is -0.542. The molecule has 0 aromatic heterocycles. The van der Waals surface area contributed by atoms with Crippen LogP contribution in [0.3, 0.4) is 0 Å². The van der Waals surface area contributed by atoms with Crippen molar-refractivity contribution in [3.8, 4) is 5.75 Å². The molecule has 2 aliphatic heterocycles. The van der Waals surface area contributed by atoms with Gasteiger partial charge in [0.05, 0.1) is 12.2 Å². The lowest BCUT2D eigenvalue weighted by molar-refractivity contribution is -0.0587. The first kappa shape index (κ1) is 20.3. The lowest BCUT2D eigenvalue weighted by Crippen LogP contribution is -2.51. The zero-order valence-electron chi connectivity index (χ0n) is 17.3. The minimum Gasteiger partial charge on any atom is -0.487 e. The van der Waals surface area contributed by atoms with E-state index in [-0.39, 0.29) is 5.60 Å². The van der Waals surface area contributed by atoms with Gasteiger partial charge in [-0.15, -0.1) is 0 Å². The highest BCUT2D eigenvalue weighted by Crippen LogP contribution is 2.45. The Morgan fingerprint density at radius 2 is 1.83 bits per heavy atom. The van der Waals surface area contributed by atoms with Crippen LogP contribution in [0.25, 0.3) is 0 Å². The first-order valence-electron chi connectivity index (χ1n) is 11.2. The number of β-amino-alcohol motifs (C(OH)–C–C–N with tert-alkyl or cyclic N) is 1. The standard InChI is InChI=1S/C25H30ClNO3/c26-20-7-8-24-21(14-20)22(28)15-25(30-24)9-11-27(12-10-25)16-23(29)19-6-5-17-3-1-2-4-18(17)13-19/h5-8,13-14,22-23,28-29H,1-4,9-12,15-16H2. The summed E-state index contributed by atoms with van der Waals surface area (Å²) in [4.78, 5) is 2.32. The van der Waals surface area contributed by atoms with Crippen LogP contribution in [-0.2, 0) is 12.8 Å². The van der Waals surface area contributed by atoms with Gasteiger partial charge in [0.25, 0.3) is 0 Å². The van der Waals surface area contributed by atoms with Gasteiger partial charge in [0.1, 0.15) is 11.4 Å². The Bertz CT molecular complexity index is 923. The maximum Gasteiger partial charge on any atom is 0.126 e. The summed E-state index contributed by atoms with van der Waals surface area (Å²) in [7, 11) is 0. The molecule has 1 aliphatic carbocycles. The number of ether oxygens (including phenoxy) is 1.